The maximum absolute atomic E-state index is 9.01. The van der Waals surface area contributed by atoms with Crippen LogP contribution in [0.3, 0.4) is 0 Å². The number of isocyanates is 1. The summed E-state index contributed by atoms with van der Waals surface area (Å²) in [5.41, 5.74) is 0. The van der Waals surface area contributed by atoms with E-state index in [0.29, 0.717) is 11.2 Å². The Kier molecular flexibility index (Phi) is 4.04. The Morgan fingerprint density at radius 2 is 2.60 bits per heavy atom. The summed E-state index contributed by atoms with van der Waals surface area (Å²) in [6.07, 6.45) is 1.22. The first-order chi connectivity index (χ1) is 2.41. The van der Waals surface area contributed by atoms with Gasteiger partial charge in [0.05, 0.1) is 11.2 Å². The van der Waals surface area contributed by atoms with E-state index in [-0.39, 0.29) is 0 Å². The Bertz CT molecular complexity index is 58.7. The molecule has 0 spiro atoms. The van der Waals surface area contributed by atoms with Crippen LogP contribution in [-0.4, -0.2) is 6.08 Å². The van der Waals surface area contributed by atoms with E-state index in [1.54, 1.807) is 0 Å². The monoisotopic (exact) mass is 109 g/mol. The zero-order valence-electron chi connectivity index (χ0n) is 2.14. The van der Waals surface area contributed by atoms with Gasteiger partial charge in [-0.15, -0.1) is 4.40 Å². The van der Waals surface area contributed by atoms with Crippen LogP contribution in [-0.2, 0) is 4.79 Å². The third-order valence-corrected chi connectivity index (χ3v) is 0.422. The molecule has 0 aromatic heterocycles. The molecule has 0 fully saturated rings. The molecule has 0 heterocycles. The van der Waals surface area contributed by atoms with Crippen LogP contribution in [0.5, 0.6) is 0 Å². The third-order valence-electron chi connectivity index (χ3n) is 0.0718. The van der Waals surface area contributed by atoms with Crippen LogP contribution in [0.1, 0.15) is 0 Å². The first-order valence-corrected chi connectivity index (χ1v) is 2.36. The van der Waals surface area contributed by atoms with Gasteiger partial charge in [0.2, 0.25) is 6.08 Å². The Morgan fingerprint density at radius 3 is 2.60 bits per heavy atom. The summed E-state index contributed by atoms with van der Waals surface area (Å²) in [6, 6.07) is 0. The van der Waals surface area contributed by atoms with Crippen molar-refractivity contribution in [3.05, 3.63) is 0 Å². The Labute approximate surface area is 37.9 Å². The third kappa shape index (κ3) is 4.02. The average Bonchev–Trinajstić information content (AvgIpc) is 1.41. The minimum absolute atomic E-state index is 0.575. The van der Waals surface area contributed by atoms with Crippen molar-refractivity contribution in [3.63, 3.8) is 0 Å². The van der Waals surface area contributed by atoms with E-state index in [1.165, 1.54) is 6.08 Å². The van der Waals surface area contributed by atoms with Crippen molar-refractivity contribution >= 4 is 27.9 Å². The highest BCUT2D eigenvalue weighted by molar-refractivity contribution is 8.20. The van der Waals surface area contributed by atoms with Crippen LogP contribution >= 0.6 is 21.8 Å². The maximum atomic E-state index is 9.01. The van der Waals surface area contributed by atoms with Crippen molar-refractivity contribution in [2.75, 3.05) is 0 Å². The molecule has 0 radical (unpaired) electrons. The van der Waals surface area contributed by atoms with Gasteiger partial charge in [-0.05, 0) is 10.7 Å². The predicted molar refractivity (Wildman–Crippen MR) is 21.6 cm³/mol. The summed E-state index contributed by atoms with van der Waals surface area (Å²) in [4.78, 5) is 9.01. The van der Waals surface area contributed by atoms with E-state index in [4.69, 9.17) is 15.5 Å². The first kappa shape index (κ1) is 5.02. The molecule has 0 amide bonds. The zero-order chi connectivity index (χ0) is 4.12. The second-order valence-electron chi connectivity index (χ2n) is 0.252. The van der Waals surface area contributed by atoms with Gasteiger partial charge < -0.3 is 0 Å². The smallest absolute Gasteiger partial charge is 0.210 e. The van der Waals surface area contributed by atoms with Gasteiger partial charge in [-0.25, -0.2) is 4.79 Å². The lowest BCUT2D eigenvalue weighted by Gasteiger charge is -1.52. The number of hydrogen-bond acceptors (Lipinski definition) is 3. The van der Waals surface area contributed by atoms with Crippen molar-refractivity contribution in [1.82, 2.24) is 0 Å². The van der Waals surface area contributed by atoms with Crippen LogP contribution in [0, 0.1) is 0 Å². The second kappa shape index (κ2) is 4.02. The van der Waals surface area contributed by atoms with Crippen molar-refractivity contribution < 1.29 is 4.79 Å². The standard InChI is InChI=1S/CClNOS/c2-5-3-1-4. The number of halogens is 1. The van der Waals surface area contributed by atoms with Gasteiger partial charge in [-0.2, -0.15) is 0 Å². The minimum atomic E-state index is 0.575. The van der Waals surface area contributed by atoms with E-state index in [1.807, 2.05) is 0 Å². The van der Waals surface area contributed by atoms with Crippen molar-refractivity contribution in [2.45, 2.75) is 0 Å². The lowest BCUT2D eigenvalue weighted by Crippen LogP contribution is -1.31. The van der Waals surface area contributed by atoms with Gasteiger partial charge in [0.1, 0.15) is 0 Å². The van der Waals surface area contributed by atoms with Crippen LogP contribution in [0.15, 0.2) is 4.40 Å². The highest BCUT2D eigenvalue weighted by atomic mass is 35.7. The molecular formula is CClNOS. The van der Waals surface area contributed by atoms with E-state index in [0.717, 1.165) is 0 Å². The predicted octanol–water partition coefficient (Wildman–Crippen LogP) is 1.12. The average molecular weight is 110 g/mol. The maximum Gasteiger partial charge on any atom is 0.248 e. The highest BCUT2D eigenvalue weighted by Gasteiger charge is 1.57. The fourth-order valence-electron chi connectivity index (χ4n) is 0.0141. The van der Waals surface area contributed by atoms with Crippen molar-refractivity contribution in [1.29, 1.82) is 0 Å². The summed E-state index contributed by atoms with van der Waals surface area (Å²) < 4.78 is 2.85. The molecule has 0 saturated carbocycles. The molecule has 4 heteroatoms. The van der Waals surface area contributed by atoms with Gasteiger partial charge in [-0.1, -0.05) is 0 Å². The van der Waals surface area contributed by atoms with E-state index in [9.17, 15) is 0 Å². The van der Waals surface area contributed by atoms with E-state index in [2.05, 4.69) is 4.40 Å². The largest absolute Gasteiger partial charge is 0.248 e. The van der Waals surface area contributed by atoms with Crippen molar-refractivity contribution in [3.8, 4) is 0 Å². The lowest BCUT2D eigenvalue weighted by molar-refractivity contribution is 0.566. The van der Waals surface area contributed by atoms with Gasteiger partial charge in [0.15, 0.2) is 0 Å². The molecule has 0 aliphatic rings. The SMILES string of the molecule is O=C=NSCl. The molecule has 0 atom stereocenters. The van der Waals surface area contributed by atoms with Crippen LogP contribution in [0.25, 0.3) is 0 Å². The molecule has 0 aliphatic heterocycles. The molecule has 0 saturated heterocycles. The van der Waals surface area contributed by atoms with Crippen LogP contribution in [0.2, 0.25) is 0 Å². The Balaban J connectivity index is 2.93. The van der Waals surface area contributed by atoms with Gasteiger partial charge in [-0.3, -0.25) is 0 Å². The van der Waals surface area contributed by atoms with E-state index < -0.39 is 0 Å². The molecular weight excluding hydrogens is 110 g/mol. The molecule has 0 aliphatic carbocycles. The molecule has 5 heavy (non-hydrogen) atoms. The zero-order valence-corrected chi connectivity index (χ0v) is 3.71. The van der Waals surface area contributed by atoms with E-state index >= 15 is 0 Å². The van der Waals surface area contributed by atoms with Crippen LogP contribution < -0.4 is 0 Å². The summed E-state index contributed by atoms with van der Waals surface area (Å²) in [7, 11) is 4.79. The molecule has 0 N–H and O–H groups in total. The van der Waals surface area contributed by atoms with Gasteiger partial charge >= 0.3 is 0 Å². The summed E-state index contributed by atoms with van der Waals surface area (Å²) in [5, 5.41) is 0. The van der Waals surface area contributed by atoms with Crippen LogP contribution in [0.4, 0.5) is 0 Å². The number of carbonyl (C=O) groups excluding carboxylic acids is 1. The fraction of sp³-hybridized carbons (Fsp3) is 0. The summed E-state index contributed by atoms with van der Waals surface area (Å²) in [5.74, 6) is 0. The number of nitrogens with zero attached hydrogens (tertiary/aromatic N) is 1. The first-order valence-electron chi connectivity index (χ1n) is 0.765. The topological polar surface area (TPSA) is 29.4 Å². The highest BCUT2D eigenvalue weighted by Crippen LogP contribution is 2.02. The summed E-state index contributed by atoms with van der Waals surface area (Å²) >= 11 is 0.575. The van der Waals surface area contributed by atoms with Gasteiger partial charge in [0, 0.05) is 0 Å². The fourth-order valence-corrected chi connectivity index (χ4v) is 0.127. The Morgan fingerprint density at radius 1 is 2.00 bits per heavy atom. The Hall–Kier alpha value is 0.0200. The second-order valence-corrected chi connectivity index (χ2v) is 0.986. The normalized spacial score (nSPS) is 5.80. The quantitative estimate of drug-likeness (QED) is 0.287. The van der Waals surface area contributed by atoms with Gasteiger partial charge in [0.25, 0.3) is 0 Å². The lowest BCUT2D eigenvalue weighted by atomic mass is 11.7. The number of hydrogen-bond donors (Lipinski definition) is 0. The minimum Gasteiger partial charge on any atom is -0.210 e. The molecule has 0 unspecified atom stereocenters. The molecule has 28 valence electrons. The number of rotatable bonds is 1. The molecule has 0 bridgehead atoms. The van der Waals surface area contributed by atoms with Crippen molar-refractivity contribution in [2.24, 2.45) is 4.40 Å². The molecule has 0 aromatic rings. The molecule has 0 aromatic carbocycles. The molecule has 0 rings (SSSR count). The molecule has 2 nitrogen and oxygen atoms in total. The summed E-state index contributed by atoms with van der Waals surface area (Å²) in [6.45, 7) is 0.